The summed E-state index contributed by atoms with van der Waals surface area (Å²) in [6.45, 7) is 8.24. The first-order valence-corrected chi connectivity index (χ1v) is 10.4. The molecule has 2 atom stereocenters. The maximum atomic E-state index is 12.6. The van der Waals surface area contributed by atoms with Gasteiger partial charge in [0.25, 0.3) is 5.91 Å². The second-order valence-corrected chi connectivity index (χ2v) is 7.39. The van der Waals surface area contributed by atoms with Crippen molar-refractivity contribution in [3.63, 3.8) is 0 Å². The largest absolute Gasteiger partial charge is 0.353 e. The molecule has 156 valence electrons. The van der Waals surface area contributed by atoms with E-state index in [9.17, 15) is 9.59 Å². The molecule has 2 aromatic carbocycles. The molecule has 0 aliphatic rings. The molecule has 0 fully saturated rings. The van der Waals surface area contributed by atoms with Gasteiger partial charge in [-0.2, -0.15) is 0 Å². The van der Waals surface area contributed by atoms with Crippen molar-refractivity contribution < 1.29 is 9.59 Å². The molecule has 0 saturated carbocycles. The number of hydrogen-bond donors (Lipinski definition) is 2. The normalized spacial score (nSPS) is 13.0. The van der Waals surface area contributed by atoms with Gasteiger partial charge in [0.2, 0.25) is 5.91 Å². The molecule has 6 heteroatoms. The van der Waals surface area contributed by atoms with Gasteiger partial charge in [0.05, 0.1) is 10.6 Å². The minimum absolute atomic E-state index is 0.183. The molecule has 0 spiro atoms. The topological polar surface area (TPSA) is 61.4 Å². The second-order valence-electron chi connectivity index (χ2n) is 6.98. The van der Waals surface area contributed by atoms with Crippen LogP contribution in [0.25, 0.3) is 0 Å². The Morgan fingerprint density at radius 1 is 1.00 bits per heavy atom. The number of nitrogens with one attached hydrogen (secondary N) is 2. The third-order valence-electron chi connectivity index (χ3n) is 5.01. The van der Waals surface area contributed by atoms with Crippen LogP contribution >= 0.6 is 11.6 Å². The summed E-state index contributed by atoms with van der Waals surface area (Å²) >= 11 is 6.06. The maximum absolute atomic E-state index is 12.6. The minimum atomic E-state index is -0.659. The Labute approximate surface area is 178 Å². The van der Waals surface area contributed by atoms with Gasteiger partial charge in [0.15, 0.2) is 0 Å². The predicted octanol–water partition coefficient (Wildman–Crippen LogP) is 3.53. The molecule has 2 rings (SSSR count). The van der Waals surface area contributed by atoms with E-state index >= 15 is 0 Å². The van der Waals surface area contributed by atoms with E-state index in [1.54, 1.807) is 31.2 Å². The third-order valence-corrected chi connectivity index (χ3v) is 5.34. The summed E-state index contributed by atoms with van der Waals surface area (Å²) in [6.07, 6.45) is 0.850. The average molecular weight is 416 g/mol. The average Bonchev–Trinajstić information content (AvgIpc) is 2.73. The Balaban J connectivity index is 1.95. The van der Waals surface area contributed by atoms with E-state index in [-0.39, 0.29) is 17.9 Å². The van der Waals surface area contributed by atoms with Crippen LogP contribution < -0.4 is 10.6 Å². The number of likely N-dealkylation sites (N-methyl/N-ethyl adjacent to an activating group) is 1. The highest BCUT2D eigenvalue weighted by Crippen LogP contribution is 2.14. The van der Waals surface area contributed by atoms with Gasteiger partial charge in [-0.15, -0.1) is 0 Å². The van der Waals surface area contributed by atoms with E-state index in [1.165, 1.54) is 5.56 Å². The van der Waals surface area contributed by atoms with Crippen LogP contribution in [0.2, 0.25) is 5.02 Å². The highest BCUT2D eigenvalue weighted by Gasteiger charge is 2.21. The number of benzene rings is 2. The molecule has 2 aromatic rings. The van der Waals surface area contributed by atoms with Crippen LogP contribution in [-0.4, -0.2) is 48.4 Å². The Morgan fingerprint density at radius 3 is 2.24 bits per heavy atom. The van der Waals surface area contributed by atoms with E-state index < -0.39 is 6.04 Å². The van der Waals surface area contributed by atoms with Crippen LogP contribution in [0.15, 0.2) is 54.6 Å². The van der Waals surface area contributed by atoms with E-state index in [0.29, 0.717) is 17.1 Å². The lowest BCUT2D eigenvalue weighted by molar-refractivity contribution is -0.122. The standard InChI is InChI=1S/C23H30ClN3O2/c1-4-27(5-2)19(15-18-11-7-6-8-12-18)16-25-22(28)17(3)26-23(29)20-13-9-10-14-21(20)24/h6-14,17,19H,4-5,15-16H2,1-3H3,(H,25,28)(H,26,29). The fraction of sp³-hybridized carbons (Fsp3) is 0.391. The van der Waals surface area contributed by atoms with Crippen molar-refractivity contribution in [1.29, 1.82) is 0 Å². The van der Waals surface area contributed by atoms with Gasteiger partial charge in [0.1, 0.15) is 6.04 Å². The summed E-state index contributed by atoms with van der Waals surface area (Å²) in [7, 11) is 0. The zero-order valence-corrected chi connectivity index (χ0v) is 18.1. The first-order valence-electron chi connectivity index (χ1n) is 10.1. The lowest BCUT2D eigenvalue weighted by atomic mass is 10.0. The molecule has 5 nitrogen and oxygen atoms in total. The zero-order valence-electron chi connectivity index (χ0n) is 17.3. The number of carbonyl (C=O) groups is 2. The smallest absolute Gasteiger partial charge is 0.253 e. The first kappa shape index (κ1) is 22.9. The van der Waals surface area contributed by atoms with E-state index in [0.717, 1.165) is 19.5 Å². The van der Waals surface area contributed by atoms with Gasteiger partial charge in [-0.1, -0.05) is 67.9 Å². The number of halogens is 1. The quantitative estimate of drug-likeness (QED) is 0.624. The Hall–Kier alpha value is -2.37. The van der Waals surface area contributed by atoms with Crippen molar-refractivity contribution >= 4 is 23.4 Å². The summed E-state index contributed by atoms with van der Waals surface area (Å²) in [5.41, 5.74) is 1.60. The van der Waals surface area contributed by atoms with Crippen molar-refractivity contribution in [2.45, 2.75) is 39.3 Å². The van der Waals surface area contributed by atoms with Crippen LogP contribution in [0.1, 0.15) is 36.7 Å². The third kappa shape index (κ3) is 6.87. The highest BCUT2D eigenvalue weighted by atomic mass is 35.5. The van der Waals surface area contributed by atoms with Gasteiger partial charge < -0.3 is 10.6 Å². The van der Waals surface area contributed by atoms with Crippen molar-refractivity contribution in [1.82, 2.24) is 15.5 Å². The molecule has 0 bridgehead atoms. The first-order chi connectivity index (χ1) is 14.0. The Morgan fingerprint density at radius 2 is 1.62 bits per heavy atom. The molecular weight excluding hydrogens is 386 g/mol. The number of rotatable bonds is 10. The fourth-order valence-corrected chi connectivity index (χ4v) is 3.53. The molecule has 2 amide bonds. The van der Waals surface area contributed by atoms with Gasteiger partial charge in [-0.3, -0.25) is 14.5 Å². The minimum Gasteiger partial charge on any atom is -0.353 e. The Bertz CT molecular complexity index is 794. The zero-order chi connectivity index (χ0) is 21.2. The number of hydrogen-bond acceptors (Lipinski definition) is 3. The monoisotopic (exact) mass is 415 g/mol. The summed E-state index contributed by atoms with van der Waals surface area (Å²) in [5.74, 6) is -0.571. The van der Waals surface area contributed by atoms with E-state index in [1.807, 2.05) is 18.2 Å². The Kier molecular flexibility index (Phi) is 9.16. The van der Waals surface area contributed by atoms with Crippen molar-refractivity contribution in [2.24, 2.45) is 0 Å². The van der Waals surface area contributed by atoms with Crippen molar-refractivity contribution in [2.75, 3.05) is 19.6 Å². The molecule has 0 saturated heterocycles. The number of carbonyl (C=O) groups excluding carboxylic acids is 2. The second kappa shape index (κ2) is 11.6. The molecule has 0 radical (unpaired) electrons. The van der Waals surface area contributed by atoms with Gasteiger partial charge in [0, 0.05) is 12.6 Å². The van der Waals surface area contributed by atoms with Crippen LogP contribution in [0.5, 0.6) is 0 Å². The molecule has 0 aromatic heterocycles. The van der Waals surface area contributed by atoms with Crippen LogP contribution in [0.4, 0.5) is 0 Å². The summed E-state index contributed by atoms with van der Waals surface area (Å²) in [4.78, 5) is 27.3. The summed E-state index contributed by atoms with van der Waals surface area (Å²) < 4.78 is 0. The number of nitrogens with zero attached hydrogens (tertiary/aromatic N) is 1. The maximum Gasteiger partial charge on any atom is 0.253 e. The molecule has 0 heterocycles. The predicted molar refractivity (Wildman–Crippen MR) is 118 cm³/mol. The lowest BCUT2D eigenvalue weighted by Gasteiger charge is -2.30. The van der Waals surface area contributed by atoms with Crippen LogP contribution in [0.3, 0.4) is 0 Å². The highest BCUT2D eigenvalue weighted by molar-refractivity contribution is 6.33. The van der Waals surface area contributed by atoms with Crippen LogP contribution in [0, 0.1) is 0 Å². The van der Waals surface area contributed by atoms with Crippen molar-refractivity contribution in [3.05, 3.63) is 70.7 Å². The summed E-state index contributed by atoms with van der Waals surface area (Å²) in [6, 6.07) is 16.6. The van der Waals surface area contributed by atoms with Gasteiger partial charge in [-0.05, 0) is 44.1 Å². The van der Waals surface area contributed by atoms with E-state index in [4.69, 9.17) is 11.6 Å². The fourth-order valence-electron chi connectivity index (χ4n) is 3.31. The van der Waals surface area contributed by atoms with Crippen molar-refractivity contribution in [3.8, 4) is 0 Å². The van der Waals surface area contributed by atoms with Gasteiger partial charge in [-0.25, -0.2) is 0 Å². The van der Waals surface area contributed by atoms with E-state index in [2.05, 4.69) is 41.5 Å². The molecule has 2 unspecified atom stereocenters. The molecular formula is C23H30ClN3O2. The molecule has 2 N–H and O–H groups in total. The molecule has 0 aliphatic carbocycles. The SMILES string of the molecule is CCN(CC)C(CNC(=O)C(C)NC(=O)c1ccccc1Cl)Cc1ccccc1. The lowest BCUT2D eigenvalue weighted by Crippen LogP contribution is -2.50. The van der Waals surface area contributed by atoms with Crippen LogP contribution in [-0.2, 0) is 11.2 Å². The molecule has 0 aliphatic heterocycles. The van der Waals surface area contributed by atoms with Gasteiger partial charge >= 0.3 is 0 Å². The molecule has 29 heavy (non-hydrogen) atoms. The number of amides is 2. The summed E-state index contributed by atoms with van der Waals surface area (Å²) in [5, 5.41) is 6.08.